The smallest absolute Gasteiger partial charge is 0.223 e. The van der Waals surface area contributed by atoms with E-state index in [1.54, 1.807) is 24.0 Å². The van der Waals surface area contributed by atoms with Gasteiger partial charge in [0.05, 0.1) is 6.10 Å². The number of hydrogen-bond acceptors (Lipinski definition) is 3. The number of rotatable bonds is 4. The first kappa shape index (κ1) is 9.92. The van der Waals surface area contributed by atoms with Crippen molar-refractivity contribution in [2.24, 2.45) is 7.05 Å². The fourth-order valence-electron chi connectivity index (χ4n) is 0.941. The van der Waals surface area contributed by atoms with Gasteiger partial charge >= 0.3 is 0 Å². The molecule has 0 aliphatic heterocycles. The first-order valence-corrected chi connectivity index (χ1v) is 4.23. The van der Waals surface area contributed by atoms with Crippen molar-refractivity contribution in [3.63, 3.8) is 0 Å². The third-order valence-electron chi connectivity index (χ3n) is 1.62. The molecule has 0 N–H and O–H groups in total. The zero-order chi connectivity index (χ0) is 9.84. The first-order chi connectivity index (χ1) is 6.11. The van der Waals surface area contributed by atoms with Crippen LogP contribution >= 0.6 is 0 Å². The van der Waals surface area contributed by atoms with Crippen molar-refractivity contribution in [3.8, 4) is 0 Å². The van der Waals surface area contributed by atoms with E-state index in [0.29, 0.717) is 5.82 Å². The van der Waals surface area contributed by atoms with E-state index >= 15 is 0 Å². The molecule has 0 atom stereocenters. The van der Waals surface area contributed by atoms with Crippen molar-refractivity contribution in [3.05, 3.63) is 18.2 Å². The van der Waals surface area contributed by atoms with Crippen molar-refractivity contribution in [1.29, 1.82) is 0 Å². The van der Waals surface area contributed by atoms with Crippen LogP contribution in [0.2, 0.25) is 0 Å². The SMILES string of the molecule is CC(C)OCC(=O)c1nccn1C. The van der Waals surface area contributed by atoms with Crippen molar-refractivity contribution >= 4 is 5.78 Å². The lowest BCUT2D eigenvalue weighted by molar-refractivity contribution is 0.0573. The molecule has 1 rings (SSSR count). The van der Waals surface area contributed by atoms with Crippen LogP contribution in [0.4, 0.5) is 0 Å². The molecular weight excluding hydrogens is 168 g/mol. The standard InChI is InChI=1S/C9H14N2O2/c1-7(2)13-6-8(12)9-10-4-5-11(9)3/h4-5,7H,6H2,1-3H3. The zero-order valence-electron chi connectivity index (χ0n) is 8.15. The third kappa shape index (κ3) is 2.66. The molecule has 0 saturated carbocycles. The predicted octanol–water partition coefficient (Wildman–Crippen LogP) is 1.03. The second kappa shape index (κ2) is 4.18. The normalized spacial score (nSPS) is 10.8. The number of Topliss-reactive ketones (excluding diaryl/α,β-unsaturated/α-hetero) is 1. The molecule has 0 aliphatic carbocycles. The topological polar surface area (TPSA) is 44.1 Å². The monoisotopic (exact) mass is 182 g/mol. The quantitative estimate of drug-likeness (QED) is 0.653. The Balaban J connectivity index is 2.54. The van der Waals surface area contributed by atoms with Crippen LogP contribution in [0, 0.1) is 0 Å². The molecule has 0 bridgehead atoms. The van der Waals surface area contributed by atoms with Crippen LogP contribution in [-0.2, 0) is 11.8 Å². The van der Waals surface area contributed by atoms with Crippen LogP contribution in [0.1, 0.15) is 24.5 Å². The molecular formula is C9H14N2O2. The maximum Gasteiger partial charge on any atom is 0.223 e. The molecule has 1 heterocycles. The highest BCUT2D eigenvalue weighted by atomic mass is 16.5. The number of hydrogen-bond donors (Lipinski definition) is 0. The number of imidazole rings is 1. The van der Waals surface area contributed by atoms with E-state index in [4.69, 9.17) is 4.74 Å². The van der Waals surface area contributed by atoms with Crippen LogP contribution < -0.4 is 0 Å². The summed E-state index contributed by atoms with van der Waals surface area (Å²) in [5.41, 5.74) is 0. The molecule has 72 valence electrons. The van der Waals surface area contributed by atoms with Crippen molar-refractivity contribution in [2.75, 3.05) is 6.61 Å². The molecule has 0 radical (unpaired) electrons. The van der Waals surface area contributed by atoms with Crippen LogP contribution in [-0.4, -0.2) is 28.0 Å². The Morgan fingerprint density at radius 1 is 1.69 bits per heavy atom. The number of carbonyl (C=O) groups is 1. The summed E-state index contributed by atoms with van der Waals surface area (Å²) in [5, 5.41) is 0. The van der Waals surface area contributed by atoms with Gasteiger partial charge in [0.1, 0.15) is 6.61 Å². The lowest BCUT2D eigenvalue weighted by Gasteiger charge is -2.05. The Kier molecular flexibility index (Phi) is 3.19. The third-order valence-corrected chi connectivity index (χ3v) is 1.62. The van der Waals surface area contributed by atoms with Gasteiger partial charge in [-0.2, -0.15) is 0 Å². The largest absolute Gasteiger partial charge is 0.371 e. The summed E-state index contributed by atoms with van der Waals surface area (Å²) in [4.78, 5) is 15.3. The van der Waals surface area contributed by atoms with Gasteiger partial charge in [-0.3, -0.25) is 4.79 Å². The minimum absolute atomic E-state index is 0.0734. The summed E-state index contributed by atoms with van der Waals surface area (Å²) < 4.78 is 6.87. The summed E-state index contributed by atoms with van der Waals surface area (Å²) in [6, 6.07) is 0. The summed E-state index contributed by atoms with van der Waals surface area (Å²) in [6.45, 7) is 3.89. The predicted molar refractivity (Wildman–Crippen MR) is 48.6 cm³/mol. The summed E-state index contributed by atoms with van der Waals surface area (Å²) in [6.07, 6.45) is 3.41. The highest BCUT2D eigenvalue weighted by molar-refractivity contribution is 5.93. The Labute approximate surface area is 77.5 Å². The molecule has 0 amide bonds. The highest BCUT2D eigenvalue weighted by Gasteiger charge is 2.11. The number of ether oxygens (including phenoxy) is 1. The molecule has 4 nitrogen and oxygen atoms in total. The van der Waals surface area contributed by atoms with Gasteiger partial charge in [-0.25, -0.2) is 4.98 Å². The molecule has 1 aromatic rings. The van der Waals surface area contributed by atoms with Gasteiger partial charge in [-0.15, -0.1) is 0 Å². The molecule has 0 fully saturated rings. The maximum atomic E-state index is 11.4. The van der Waals surface area contributed by atoms with E-state index in [9.17, 15) is 4.79 Å². The number of aromatic nitrogens is 2. The van der Waals surface area contributed by atoms with Crippen molar-refractivity contribution in [1.82, 2.24) is 9.55 Å². The highest BCUT2D eigenvalue weighted by Crippen LogP contribution is 1.98. The van der Waals surface area contributed by atoms with Gasteiger partial charge in [-0.1, -0.05) is 0 Å². The minimum atomic E-state index is -0.0822. The number of ketones is 1. The lowest BCUT2D eigenvalue weighted by Crippen LogP contribution is -2.16. The van der Waals surface area contributed by atoms with Crippen molar-refractivity contribution < 1.29 is 9.53 Å². The van der Waals surface area contributed by atoms with E-state index in [1.165, 1.54) is 0 Å². The minimum Gasteiger partial charge on any atom is -0.371 e. The number of carbonyl (C=O) groups excluding carboxylic acids is 1. The Bertz CT molecular complexity index is 292. The number of nitrogens with zero attached hydrogens (tertiary/aromatic N) is 2. The lowest BCUT2D eigenvalue weighted by atomic mass is 10.4. The van der Waals surface area contributed by atoms with Gasteiger partial charge in [0, 0.05) is 19.4 Å². The van der Waals surface area contributed by atoms with Crippen molar-refractivity contribution in [2.45, 2.75) is 20.0 Å². The second-order valence-electron chi connectivity index (χ2n) is 3.14. The molecule has 0 aliphatic rings. The van der Waals surface area contributed by atoms with Crippen LogP contribution in [0.3, 0.4) is 0 Å². The molecule has 13 heavy (non-hydrogen) atoms. The molecule has 0 saturated heterocycles. The summed E-state index contributed by atoms with van der Waals surface area (Å²) in [7, 11) is 1.79. The summed E-state index contributed by atoms with van der Waals surface area (Å²) in [5.74, 6) is 0.363. The summed E-state index contributed by atoms with van der Waals surface area (Å²) >= 11 is 0. The zero-order valence-corrected chi connectivity index (χ0v) is 8.15. The Morgan fingerprint density at radius 3 is 2.85 bits per heavy atom. The number of aryl methyl sites for hydroxylation is 1. The van der Waals surface area contributed by atoms with Gasteiger partial charge in [0.15, 0.2) is 5.82 Å². The molecule has 0 spiro atoms. The van der Waals surface area contributed by atoms with Gasteiger partial charge in [0.25, 0.3) is 0 Å². The van der Waals surface area contributed by atoms with Crippen LogP contribution in [0.5, 0.6) is 0 Å². The molecule has 0 unspecified atom stereocenters. The average molecular weight is 182 g/mol. The maximum absolute atomic E-state index is 11.4. The molecule has 0 aromatic carbocycles. The fourth-order valence-corrected chi connectivity index (χ4v) is 0.941. The first-order valence-electron chi connectivity index (χ1n) is 4.23. The molecule has 1 aromatic heterocycles. The average Bonchev–Trinajstić information content (AvgIpc) is 2.47. The van der Waals surface area contributed by atoms with E-state index in [0.717, 1.165) is 0 Å². The molecule has 4 heteroatoms. The van der Waals surface area contributed by atoms with Gasteiger partial charge < -0.3 is 9.30 Å². The second-order valence-corrected chi connectivity index (χ2v) is 3.14. The van der Waals surface area contributed by atoms with E-state index in [2.05, 4.69) is 4.98 Å². The Morgan fingerprint density at radius 2 is 2.38 bits per heavy atom. The van der Waals surface area contributed by atoms with Gasteiger partial charge in [0.2, 0.25) is 5.78 Å². The van der Waals surface area contributed by atoms with E-state index < -0.39 is 0 Å². The Hall–Kier alpha value is -1.16. The van der Waals surface area contributed by atoms with E-state index in [-0.39, 0.29) is 18.5 Å². The van der Waals surface area contributed by atoms with Crippen LogP contribution in [0.25, 0.3) is 0 Å². The van der Waals surface area contributed by atoms with E-state index in [1.807, 2.05) is 13.8 Å². The van der Waals surface area contributed by atoms with Gasteiger partial charge in [-0.05, 0) is 13.8 Å². The fraction of sp³-hybridized carbons (Fsp3) is 0.556. The van der Waals surface area contributed by atoms with Crippen LogP contribution in [0.15, 0.2) is 12.4 Å².